The molecule has 0 spiro atoms. The van der Waals surface area contributed by atoms with Crippen molar-refractivity contribution in [3.63, 3.8) is 0 Å². The van der Waals surface area contributed by atoms with Gasteiger partial charge in [0.2, 0.25) is 5.91 Å². The molecule has 1 aliphatic rings. The third-order valence-electron chi connectivity index (χ3n) is 6.06. The summed E-state index contributed by atoms with van der Waals surface area (Å²) < 4.78 is 11.1. The fraction of sp³-hybridized carbons (Fsp3) is 0.286. The molecule has 1 aliphatic heterocycles. The van der Waals surface area contributed by atoms with Crippen LogP contribution in [0.15, 0.2) is 78.9 Å². The van der Waals surface area contributed by atoms with E-state index in [1.54, 1.807) is 31.4 Å². The number of ether oxygens (including phenoxy) is 2. The van der Waals surface area contributed by atoms with Crippen LogP contribution in [0, 0.1) is 0 Å². The molecule has 7 heteroatoms. The Kier molecular flexibility index (Phi) is 8.35. The van der Waals surface area contributed by atoms with Crippen molar-refractivity contribution in [1.82, 2.24) is 15.5 Å². The number of nitrogens with zero attached hydrogens (tertiary/aromatic N) is 1. The van der Waals surface area contributed by atoms with Crippen LogP contribution in [0.1, 0.15) is 34.8 Å². The second-order valence-corrected chi connectivity index (χ2v) is 8.46. The fourth-order valence-corrected chi connectivity index (χ4v) is 4.19. The molecule has 1 heterocycles. The van der Waals surface area contributed by atoms with Crippen LogP contribution >= 0.6 is 0 Å². The van der Waals surface area contributed by atoms with Gasteiger partial charge in [-0.15, -0.1) is 0 Å². The van der Waals surface area contributed by atoms with Crippen molar-refractivity contribution in [3.8, 4) is 17.2 Å². The fourth-order valence-electron chi connectivity index (χ4n) is 4.19. The number of hydrogen-bond donors (Lipinski definition) is 2. The van der Waals surface area contributed by atoms with Crippen LogP contribution in [0.3, 0.4) is 0 Å². The van der Waals surface area contributed by atoms with Gasteiger partial charge in [-0.05, 0) is 80.0 Å². The quantitative estimate of drug-likeness (QED) is 0.462. The Bertz CT molecular complexity index is 1110. The van der Waals surface area contributed by atoms with Gasteiger partial charge in [0, 0.05) is 12.1 Å². The molecule has 3 aromatic rings. The number of nitrogens with one attached hydrogen (secondary N) is 2. The van der Waals surface area contributed by atoms with Crippen molar-refractivity contribution < 1.29 is 19.1 Å². The number of amides is 2. The minimum atomic E-state index is -0.310. The number of carbonyl (C=O) groups excluding carboxylic acids is 2. The molecule has 0 unspecified atom stereocenters. The molecule has 0 radical (unpaired) electrons. The van der Waals surface area contributed by atoms with Crippen LogP contribution in [-0.2, 0) is 4.79 Å². The van der Waals surface area contributed by atoms with E-state index in [0.29, 0.717) is 17.9 Å². The van der Waals surface area contributed by atoms with Gasteiger partial charge in [-0.3, -0.25) is 14.5 Å². The first-order valence-electron chi connectivity index (χ1n) is 11.9. The lowest BCUT2D eigenvalue weighted by Crippen LogP contribution is -2.41. The Labute approximate surface area is 206 Å². The minimum absolute atomic E-state index is 0.0596. The maximum atomic E-state index is 12.5. The third kappa shape index (κ3) is 6.83. The van der Waals surface area contributed by atoms with Gasteiger partial charge in [0.25, 0.3) is 5.91 Å². The maximum Gasteiger partial charge on any atom is 0.251 e. The molecule has 7 nitrogen and oxygen atoms in total. The van der Waals surface area contributed by atoms with Crippen molar-refractivity contribution in [2.24, 2.45) is 0 Å². The standard InChI is InChI=1S/C28H31N3O4/c1-34-25-11-7-8-22(18-25)26(31-16-5-6-17-31)19-29-27(32)20-30-28(33)21-12-14-24(15-13-21)35-23-9-3-2-4-10-23/h2-4,7-15,18,26H,5-6,16-17,19-20H2,1H3,(H,29,32)(H,30,33)/t26-/m0/s1. The van der Waals surface area contributed by atoms with Crippen molar-refractivity contribution in [1.29, 1.82) is 0 Å². The number of benzene rings is 3. The van der Waals surface area contributed by atoms with E-state index in [9.17, 15) is 9.59 Å². The van der Waals surface area contributed by atoms with E-state index >= 15 is 0 Å². The van der Waals surface area contributed by atoms with Gasteiger partial charge < -0.3 is 20.1 Å². The zero-order chi connectivity index (χ0) is 24.5. The van der Waals surface area contributed by atoms with Crippen LogP contribution in [0.2, 0.25) is 0 Å². The Morgan fingerprint density at radius 2 is 1.54 bits per heavy atom. The largest absolute Gasteiger partial charge is 0.497 e. The summed E-state index contributed by atoms with van der Waals surface area (Å²) in [6.07, 6.45) is 2.30. The summed E-state index contributed by atoms with van der Waals surface area (Å²) in [5.41, 5.74) is 1.57. The van der Waals surface area contributed by atoms with E-state index in [1.807, 2.05) is 48.5 Å². The average molecular weight is 474 g/mol. The van der Waals surface area contributed by atoms with Gasteiger partial charge in [-0.1, -0.05) is 30.3 Å². The minimum Gasteiger partial charge on any atom is -0.497 e. The first kappa shape index (κ1) is 24.3. The van der Waals surface area contributed by atoms with Crippen LogP contribution in [0.5, 0.6) is 17.2 Å². The summed E-state index contributed by atoms with van der Waals surface area (Å²) >= 11 is 0. The van der Waals surface area contributed by atoms with Gasteiger partial charge in [-0.2, -0.15) is 0 Å². The van der Waals surface area contributed by atoms with Crippen molar-refractivity contribution in [2.45, 2.75) is 18.9 Å². The van der Waals surface area contributed by atoms with Crippen molar-refractivity contribution in [3.05, 3.63) is 90.0 Å². The van der Waals surface area contributed by atoms with Crippen LogP contribution in [0.4, 0.5) is 0 Å². The van der Waals surface area contributed by atoms with Crippen LogP contribution in [-0.4, -0.2) is 50.0 Å². The SMILES string of the molecule is COc1cccc([C@H](CNC(=O)CNC(=O)c2ccc(Oc3ccccc3)cc2)N2CCCC2)c1. The Morgan fingerprint density at radius 1 is 0.857 bits per heavy atom. The molecule has 2 amide bonds. The molecule has 0 aliphatic carbocycles. The molecule has 1 fully saturated rings. The van der Waals surface area contributed by atoms with Gasteiger partial charge in [0.15, 0.2) is 0 Å². The van der Waals surface area contributed by atoms with Crippen LogP contribution < -0.4 is 20.1 Å². The molecular formula is C28H31N3O4. The predicted molar refractivity (Wildman–Crippen MR) is 135 cm³/mol. The number of para-hydroxylation sites is 1. The summed E-state index contributed by atoms with van der Waals surface area (Å²) in [6, 6.07) is 24.3. The molecule has 3 aromatic carbocycles. The summed E-state index contributed by atoms with van der Waals surface area (Å²) in [5.74, 6) is 1.62. The molecule has 4 rings (SSSR count). The van der Waals surface area contributed by atoms with E-state index in [-0.39, 0.29) is 24.4 Å². The highest BCUT2D eigenvalue weighted by atomic mass is 16.5. The molecule has 0 aromatic heterocycles. The Balaban J connectivity index is 1.28. The van der Waals surface area contributed by atoms with E-state index < -0.39 is 0 Å². The monoisotopic (exact) mass is 473 g/mol. The maximum absolute atomic E-state index is 12.5. The lowest BCUT2D eigenvalue weighted by molar-refractivity contribution is -0.120. The van der Waals surface area contributed by atoms with Crippen molar-refractivity contribution >= 4 is 11.8 Å². The van der Waals surface area contributed by atoms with E-state index in [0.717, 1.165) is 43.0 Å². The Hall–Kier alpha value is -3.84. The second-order valence-electron chi connectivity index (χ2n) is 8.46. The van der Waals surface area contributed by atoms with E-state index in [2.05, 4.69) is 21.6 Å². The number of likely N-dealkylation sites (tertiary alicyclic amines) is 1. The average Bonchev–Trinajstić information content (AvgIpc) is 3.43. The van der Waals surface area contributed by atoms with Crippen molar-refractivity contribution in [2.75, 3.05) is 33.3 Å². The van der Waals surface area contributed by atoms with E-state index in [4.69, 9.17) is 9.47 Å². The van der Waals surface area contributed by atoms with Gasteiger partial charge in [0.1, 0.15) is 17.2 Å². The summed E-state index contributed by atoms with van der Waals surface area (Å²) in [4.78, 5) is 27.4. The summed E-state index contributed by atoms with van der Waals surface area (Å²) in [7, 11) is 1.65. The normalized spacial score (nSPS) is 14.2. The Morgan fingerprint density at radius 3 is 2.26 bits per heavy atom. The number of rotatable bonds is 10. The molecule has 35 heavy (non-hydrogen) atoms. The highest BCUT2D eigenvalue weighted by Gasteiger charge is 2.24. The van der Waals surface area contributed by atoms with Crippen LogP contribution in [0.25, 0.3) is 0 Å². The predicted octanol–water partition coefficient (Wildman–Crippen LogP) is 4.17. The molecule has 1 atom stereocenters. The van der Waals surface area contributed by atoms with Gasteiger partial charge in [0.05, 0.1) is 19.7 Å². The molecule has 1 saturated heterocycles. The molecule has 2 N–H and O–H groups in total. The zero-order valence-corrected chi connectivity index (χ0v) is 19.9. The van der Waals surface area contributed by atoms with Gasteiger partial charge >= 0.3 is 0 Å². The molecule has 0 saturated carbocycles. The summed E-state index contributed by atoms with van der Waals surface area (Å²) in [5, 5.41) is 5.68. The van der Waals surface area contributed by atoms with E-state index in [1.165, 1.54) is 0 Å². The lowest BCUT2D eigenvalue weighted by Gasteiger charge is -2.28. The highest BCUT2D eigenvalue weighted by molar-refractivity contribution is 5.96. The first-order chi connectivity index (χ1) is 17.1. The topological polar surface area (TPSA) is 79.9 Å². The lowest BCUT2D eigenvalue weighted by atomic mass is 10.0. The number of carbonyl (C=O) groups is 2. The zero-order valence-electron chi connectivity index (χ0n) is 19.9. The second kappa shape index (κ2) is 12.0. The summed E-state index contributed by atoms with van der Waals surface area (Å²) in [6.45, 7) is 2.37. The highest BCUT2D eigenvalue weighted by Crippen LogP contribution is 2.27. The third-order valence-corrected chi connectivity index (χ3v) is 6.06. The molecule has 182 valence electrons. The molecule has 0 bridgehead atoms. The molecular weight excluding hydrogens is 442 g/mol. The first-order valence-corrected chi connectivity index (χ1v) is 11.9. The van der Waals surface area contributed by atoms with Gasteiger partial charge in [-0.25, -0.2) is 0 Å². The smallest absolute Gasteiger partial charge is 0.251 e. The number of methoxy groups -OCH3 is 1. The number of hydrogen-bond acceptors (Lipinski definition) is 5.